The highest BCUT2D eigenvalue weighted by molar-refractivity contribution is 5.81. The molecule has 3 aromatic rings. The fraction of sp³-hybridized carbons (Fsp3) is 0.273. The van der Waals surface area contributed by atoms with Crippen LogP contribution in [0.2, 0.25) is 0 Å². The summed E-state index contributed by atoms with van der Waals surface area (Å²) in [5, 5.41) is 3.05. The quantitative estimate of drug-likeness (QED) is 0.603. The number of ether oxygens (including phenoxy) is 1. The van der Waals surface area contributed by atoms with Crippen LogP contribution in [-0.4, -0.2) is 28.0 Å². The van der Waals surface area contributed by atoms with Gasteiger partial charge in [-0.25, -0.2) is 9.37 Å². The maximum absolute atomic E-state index is 13.5. The van der Waals surface area contributed by atoms with Gasteiger partial charge >= 0.3 is 5.97 Å². The summed E-state index contributed by atoms with van der Waals surface area (Å²) in [6, 6.07) is 10.0. The summed E-state index contributed by atoms with van der Waals surface area (Å²) in [5.41, 5.74) is 2.42. The number of fused-ring (bicyclic) bond motifs is 1. The minimum atomic E-state index is -0.609. The van der Waals surface area contributed by atoms with Crippen LogP contribution in [-0.2, 0) is 27.4 Å². The molecule has 1 amide bonds. The van der Waals surface area contributed by atoms with Crippen LogP contribution in [0.4, 0.5) is 4.39 Å². The summed E-state index contributed by atoms with van der Waals surface area (Å²) in [6.45, 7) is 3.30. The SMILES string of the molecule is Cc1ccc(CNC(=O)COC(=O)CCn2cnc3c(C)cccc3c2=O)cc1F. The molecule has 3 rings (SSSR count). The van der Waals surface area contributed by atoms with Crippen LogP contribution in [0, 0.1) is 19.7 Å². The van der Waals surface area contributed by atoms with E-state index in [1.54, 1.807) is 31.2 Å². The Bertz CT molecular complexity index is 1160. The standard InChI is InChI=1S/C22H22FN3O4/c1-14-6-7-16(10-18(14)23)11-24-19(27)12-30-20(28)8-9-26-13-25-21-15(2)4-3-5-17(21)22(26)29/h3-7,10,13H,8-9,11-12H2,1-2H3,(H,24,27). The highest BCUT2D eigenvalue weighted by atomic mass is 19.1. The second kappa shape index (κ2) is 9.30. The molecule has 7 nitrogen and oxygen atoms in total. The molecule has 0 aliphatic heterocycles. The molecular formula is C22H22FN3O4. The van der Waals surface area contributed by atoms with Crippen molar-refractivity contribution < 1.29 is 18.7 Å². The van der Waals surface area contributed by atoms with Crippen LogP contribution in [0.5, 0.6) is 0 Å². The topological polar surface area (TPSA) is 90.3 Å². The molecule has 0 aliphatic carbocycles. The van der Waals surface area contributed by atoms with Crippen molar-refractivity contribution in [1.82, 2.24) is 14.9 Å². The molecule has 0 saturated carbocycles. The smallest absolute Gasteiger partial charge is 0.308 e. The van der Waals surface area contributed by atoms with Gasteiger partial charge in [-0.15, -0.1) is 0 Å². The Kier molecular flexibility index (Phi) is 6.56. The number of carbonyl (C=O) groups is 2. The van der Waals surface area contributed by atoms with Crippen molar-refractivity contribution in [2.75, 3.05) is 6.61 Å². The summed E-state index contributed by atoms with van der Waals surface area (Å²) in [5.74, 6) is -1.45. The van der Waals surface area contributed by atoms with Gasteiger partial charge in [0.25, 0.3) is 11.5 Å². The Morgan fingerprint density at radius 3 is 2.73 bits per heavy atom. The molecule has 8 heteroatoms. The van der Waals surface area contributed by atoms with Gasteiger partial charge in [0.2, 0.25) is 0 Å². The van der Waals surface area contributed by atoms with Gasteiger partial charge in [-0.05, 0) is 42.7 Å². The number of benzene rings is 2. The summed E-state index contributed by atoms with van der Waals surface area (Å²) >= 11 is 0. The maximum atomic E-state index is 13.5. The molecule has 0 radical (unpaired) electrons. The van der Waals surface area contributed by atoms with E-state index in [2.05, 4.69) is 10.3 Å². The molecule has 0 aliphatic rings. The van der Waals surface area contributed by atoms with E-state index in [1.807, 2.05) is 13.0 Å². The lowest BCUT2D eigenvalue weighted by molar-refractivity contribution is -0.148. The second-order valence-corrected chi connectivity index (χ2v) is 6.99. The number of amides is 1. The van der Waals surface area contributed by atoms with Gasteiger partial charge in [0.15, 0.2) is 6.61 Å². The number of nitrogens with one attached hydrogen (secondary N) is 1. The molecule has 0 bridgehead atoms. The molecule has 0 spiro atoms. The predicted octanol–water partition coefficient (Wildman–Crippen LogP) is 2.40. The minimum Gasteiger partial charge on any atom is -0.456 e. The maximum Gasteiger partial charge on any atom is 0.308 e. The molecule has 1 aromatic heterocycles. The van der Waals surface area contributed by atoms with E-state index in [0.29, 0.717) is 22.0 Å². The number of nitrogens with zero attached hydrogens (tertiary/aromatic N) is 2. The number of aryl methyl sites for hydroxylation is 3. The number of para-hydroxylation sites is 1. The number of hydrogen-bond acceptors (Lipinski definition) is 5. The monoisotopic (exact) mass is 411 g/mol. The van der Waals surface area contributed by atoms with E-state index in [-0.39, 0.29) is 30.9 Å². The summed E-state index contributed by atoms with van der Waals surface area (Å²) < 4.78 is 19.8. The third-order valence-electron chi connectivity index (χ3n) is 4.70. The molecule has 0 fully saturated rings. The molecule has 156 valence electrons. The molecular weight excluding hydrogens is 389 g/mol. The van der Waals surface area contributed by atoms with Crippen LogP contribution in [0.15, 0.2) is 47.5 Å². The van der Waals surface area contributed by atoms with Crippen molar-refractivity contribution in [2.24, 2.45) is 0 Å². The first-order chi connectivity index (χ1) is 14.3. The van der Waals surface area contributed by atoms with Crippen LogP contribution >= 0.6 is 0 Å². The van der Waals surface area contributed by atoms with Crippen molar-refractivity contribution in [3.63, 3.8) is 0 Å². The highest BCUT2D eigenvalue weighted by Gasteiger charge is 2.11. The highest BCUT2D eigenvalue weighted by Crippen LogP contribution is 2.11. The Morgan fingerprint density at radius 1 is 1.17 bits per heavy atom. The first-order valence-corrected chi connectivity index (χ1v) is 9.47. The van der Waals surface area contributed by atoms with Gasteiger partial charge in [-0.3, -0.25) is 19.0 Å². The first-order valence-electron chi connectivity index (χ1n) is 9.47. The second-order valence-electron chi connectivity index (χ2n) is 6.99. The number of esters is 1. The summed E-state index contributed by atoms with van der Waals surface area (Å²) in [6.07, 6.45) is 1.33. The normalized spacial score (nSPS) is 10.8. The fourth-order valence-electron chi connectivity index (χ4n) is 2.92. The number of rotatable bonds is 7. The lowest BCUT2D eigenvalue weighted by Gasteiger charge is -2.09. The van der Waals surface area contributed by atoms with Crippen molar-refractivity contribution in [2.45, 2.75) is 33.4 Å². The summed E-state index contributed by atoms with van der Waals surface area (Å²) in [4.78, 5) is 40.5. The van der Waals surface area contributed by atoms with E-state index in [0.717, 1.165) is 5.56 Å². The Morgan fingerprint density at radius 2 is 1.97 bits per heavy atom. The third-order valence-corrected chi connectivity index (χ3v) is 4.70. The lowest BCUT2D eigenvalue weighted by Crippen LogP contribution is -2.29. The van der Waals surface area contributed by atoms with E-state index >= 15 is 0 Å². The number of carbonyl (C=O) groups excluding carboxylic acids is 2. The predicted molar refractivity (Wildman–Crippen MR) is 109 cm³/mol. The van der Waals surface area contributed by atoms with Gasteiger partial charge < -0.3 is 10.1 Å². The van der Waals surface area contributed by atoms with Crippen LogP contribution in [0.3, 0.4) is 0 Å². The van der Waals surface area contributed by atoms with Gasteiger partial charge in [-0.1, -0.05) is 24.3 Å². The molecule has 2 aromatic carbocycles. The van der Waals surface area contributed by atoms with Crippen molar-refractivity contribution in [1.29, 1.82) is 0 Å². The average Bonchev–Trinajstić information content (AvgIpc) is 2.73. The number of halogens is 1. The minimum absolute atomic E-state index is 0.0740. The molecule has 1 heterocycles. The van der Waals surface area contributed by atoms with Gasteiger partial charge in [-0.2, -0.15) is 0 Å². The zero-order valence-electron chi connectivity index (χ0n) is 16.8. The number of hydrogen-bond donors (Lipinski definition) is 1. The van der Waals surface area contributed by atoms with Gasteiger partial charge in [0.05, 0.1) is 23.7 Å². The van der Waals surface area contributed by atoms with Crippen LogP contribution in [0.25, 0.3) is 10.9 Å². The Balaban J connectivity index is 1.47. The van der Waals surface area contributed by atoms with E-state index < -0.39 is 18.5 Å². The lowest BCUT2D eigenvalue weighted by atomic mass is 10.1. The number of aromatic nitrogens is 2. The zero-order valence-corrected chi connectivity index (χ0v) is 16.8. The van der Waals surface area contributed by atoms with Crippen molar-refractivity contribution in [3.05, 3.63) is 75.6 Å². The Labute approximate surface area is 172 Å². The van der Waals surface area contributed by atoms with E-state index in [9.17, 15) is 18.8 Å². The average molecular weight is 411 g/mol. The molecule has 0 unspecified atom stereocenters. The third kappa shape index (κ3) is 5.08. The van der Waals surface area contributed by atoms with Gasteiger partial charge in [0, 0.05) is 13.1 Å². The molecule has 30 heavy (non-hydrogen) atoms. The fourth-order valence-corrected chi connectivity index (χ4v) is 2.92. The van der Waals surface area contributed by atoms with Crippen LogP contribution < -0.4 is 10.9 Å². The van der Waals surface area contributed by atoms with Gasteiger partial charge in [0.1, 0.15) is 5.82 Å². The zero-order chi connectivity index (χ0) is 21.7. The van der Waals surface area contributed by atoms with Crippen LogP contribution in [0.1, 0.15) is 23.1 Å². The molecule has 1 N–H and O–H groups in total. The van der Waals surface area contributed by atoms with Crippen molar-refractivity contribution >= 4 is 22.8 Å². The molecule has 0 atom stereocenters. The summed E-state index contributed by atoms with van der Waals surface area (Å²) in [7, 11) is 0. The van der Waals surface area contributed by atoms with E-state index in [4.69, 9.17) is 4.74 Å². The largest absolute Gasteiger partial charge is 0.456 e. The van der Waals surface area contributed by atoms with E-state index in [1.165, 1.54) is 17.0 Å². The Hall–Kier alpha value is -3.55. The first kappa shape index (κ1) is 21.2. The van der Waals surface area contributed by atoms with Crippen molar-refractivity contribution in [3.8, 4) is 0 Å². The molecule has 0 saturated heterocycles.